The minimum atomic E-state index is 1.16. The zero-order valence-corrected chi connectivity index (χ0v) is 24.9. The highest BCUT2D eigenvalue weighted by atomic mass is 15.0. The molecule has 0 atom stereocenters. The lowest BCUT2D eigenvalue weighted by molar-refractivity contribution is 1.15. The molecule has 2 nitrogen and oxygen atoms in total. The number of rotatable bonds is 2. The van der Waals surface area contributed by atoms with E-state index in [-0.39, 0.29) is 0 Å². The molecule has 1 aliphatic carbocycles. The van der Waals surface area contributed by atoms with E-state index in [1.807, 2.05) is 0 Å². The first kappa shape index (κ1) is 24.2. The Labute approximate surface area is 265 Å². The first-order valence-electron chi connectivity index (χ1n) is 16.0. The minimum absolute atomic E-state index is 1.16. The normalized spacial score (nSPS) is 12.3. The lowest BCUT2D eigenvalue weighted by atomic mass is 9.98. The minimum Gasteiger partial charge on any atom is -0.309 e. The zero-order valence-electron chi connectivity index (χ0n) is 24.9. The van der Waals surface area contributed by atoms with Gasteiger partial charge in [-0.2, -0.15) is 0 Å². The lowest BCUT2D eigenvalue weighted by Gasteiger charge is -2.13. The van der Waals surface area contributed by atoms with Gasteiger partial charge in [-0.3, -0.25) is 0 Å². The highest BCUT2D eigenvalue weighted by molar-refractivity contribution is 6.26. The number of hydrogen-bond acceptors (Lipinski definition) is 0. The van der Waals surface area contributed by atoms with E-state index < -0.39 is 0 Å². The summed E-state index contributed by atoms with van der Waals surface area (Å²) in [6.45, 7) is 0. The Hall–Kier alpha value is -6.12. The molecule has 0 saturated heterocycles. The maximum absolute atomic E-state index is 2.44. The fourth-order valence-electron chi connectivity index (χ4n) is 8.37. The van der Waals surface area contributed by atoms with Crippen molar-refractivity contribution in [3.05, 3.63) is 158 Å². The second kappa shape index (κ2) is 8.74. The van der Waals surface area contributed by atoms with E-state index in [4.69, 9.17) is 0 Å². The molecule has 0 bridgehead atoms. The molecule has 0 saturated carbocycles. The van der Waals surface area contributed by atoms with Crippen molar-refractivity contribution < 1.29 is 0 Å². The molecule has 8 aromatic carbocycles. The zero-order chi connectivity index (χ0) is 29.9. The maximum Gasteiger partial charge on any atom is 0.0619 e. The molecule has 212 valence electrons. The molecule has 2 heteroatoms. The Morgan fingerprint density at radius 1 is 0.304 bits per heavy atom. The molecule has 0 N–H and O–H groups in total. The Morgan fingerprint density at radius 3 is 1.74 bits per heavy atom. The molecule has 0 unspecified atom stereocenters. The third-order valence-electron chi connectivity index (χ3n) is 10.2. The molecule has 0 spiro atoms. The smallest absolute Gasteiger partial charge is 0.0619 e. The number of para-hydroxylation sites is 2. The second-order valence-electron chi connectivity index (χ2n) is 12.5. The summed E-state index contributed by atoms with van der Waals surface area (Å²) < 4.78 is 4.88. The fourth-order valence-corrected chi connectivity index (χ4v) is 8.37. The van der Waals surface area contributed by atoms with Crippen molar-refractivity contribution in [2.45, 2.75) is 0 Å². The van der Waals surface area contributed by atoms with Crippen molar-refractivity contribution >= 4 is 65.2 Å². The summed E-state index contributed by atoms with van der Waals surface area (Å²) in [5.74, 6) is 0. The van der Waals surface area contributed by atoms with Crippen LogP contribution in [0.25, 0.3) is 98.8 Å². The fraction of sp³-hybridized carbons (Fsp3) is 0. The van der Waals surface area contributed by atoms with Crippen molar-refractivity contribution in [1.29, 1.82) is 0 Å². The monoisotopic (exact) mass is 582 g/mol. The van der Waals surface area contributed by atoms with Crippen LogP contribution < -0.4 is 0 Å². The van der Waals surface area contributed by atoms with Crippen LogP contribution in [-0.2, 0) is 0 Å². The van der Waals surface area contributed by atoms with Gasteiger partial charge >= 0.3 is 0 Å². The molecule has 10 aromatic rings. The molecule has 46 heavy (non-hydrogen) atoms. The van der Waals surface area contributed by atoms with Crippen LogP contribution in [0.4, 0.5) is 0 Å². The maximum atomic E-state index is 2.44. The lowest BCUT2D eigenvalue weighted by Crippen LogP contribution is -1.97. The molecule has 11 rings (SSSR count). The van der Waals surface area contributed by atoms with E-state index >= 15 is 0 Å². The van der Waals surface area contributed by atoms with Gasteiger partial charge in [0.1, 0.15) is 0 Å². The summed E-state index contributed by atoms with van der Waals surface area (Å²) in [5.41, 5.74) is 12.6. The van der Waals surface area contributed by atoms with Crippen LogP contribution in [0.2, 0.25) is 0 Å². The van der Waals surface area contributed by atoms with Gasteiger partial charge in [-0.25, -0.2) is 0 Å². The van der Waals surface area contributed by atoms with E-state index in [1.54, 1.807) is 0 Å². The number of hydrogen-bond donors (Lipinski definition) is 0. The van der Waals surface area contributed by atoms with E-state index in [9.17, 15) is 0 Å². The van der Waals surface area contributed by atoms with Crippen molar-refractivity contribution in [2.75, 3.05) is 0 Å². The van der Waals surface area contributed by atoms with Gasteiger partial charge in [-0.05, 0) is 75.3 Å². The molecule has 0 aliphatic heterocycles. The van der Waals surface area contributed by atoms with Gasteiger partial charge in [0.2, 0.25) is 0 Å². The van der Waals surface area contributed by atoms with E-state index in [2.05, 4.69) is 167 Å². The summed E-state index contributed by atoms with van der Waals surface area (Å²) >= 11 is 0. The van der Waals surface area contributed by atoms with Crippen molar-refractivity contribution in [2.24, 2.45) is 0 Å². The highest BCUT2D eigenvalue weighted by Crippen LogP contribution is 2.52. The van der Waals surface area contributed by atoms with E-state index in [0.717, 1.165) is 11.4 Å². The van der Waals surface area contributed by atoms with Gasteiger partial charge in [-0.1, -0.05) is 115 Å². The third-order valence-corrected chi connectivity index (χ3v) is 10.2. The predicted octanol–water partition coefficient (Wildman–Crippen LogP) is 11.8. The number of nitrogens with zero attached hydrogens (tertiary/aromatic N) is 2. The van der Waals surface area contributed by atoms with Crippen molar-refractivity contribution in [3.8, 4) is 33.6 Å². The quantitative estimate of drug-likeness (QED) is 0.192. The van der Waals surface area contributed by atoms with Crippen LogP contribution in [0, 0.1) is 0 Å². The van der Waals surface area contributed by atoms with Crippen LogP contribution in [0.3, 0.4) is 0 Å². The van der Waals surface area contributed by atoms with E-state index in [0.29, 0.717) is 0 Å². The van der Waals surface area contributed by atoms with Gasteiger partial charge < -0.3 is 9.13 Å². The Morgan fingerprint density at radius 2 is 0.935 bits per heavy atom. The number of benzene rings is 8. The summed E-state index contributed by atoms with van der Waals surface area (Å²) in [6.07, 6.45) is 0. The van der Waals surface area contributed by atoms with Crippen LogP contribution >= 0.6 is 0 Å². The molecule has 1 aliphatic rings. The molecular formula is C44H26N2. The summed E-state index contributed by atoms with van der Waals surface area (Å²) in [6, 6.07) is 58.1. The SMILES string of the molecule is c1cc2c3c(cccc3c1)-c1c-2ccc2c1c1ccccc1n2-c1ccc(-n2c3ccccc3c3ccc4ccccc4c32)cc1. The van der Waals surface area contributed by atoms with Crippen LogP contribution in [0.1, 0.15) is 0 Å². The highest BCUT2D eigenvalue weighted by Gasteiger charge is 2.26. The van der Waals surface area contributed by atoms with Gasteiger partial charge in [-0.15, -0.1) is 0 Å². The van der Waals surface area contributed by atoms with Gasteiger partial charge in [0.25, 0.3) is 0 Å². The van der Waals surface area contributed by atoms with Crippen LogP contribution in [0.15, 0.2) is 158 Å². The van der Waals surface area contributed by atoms with Gasteiger partial charge in [0.15, 0.2) is 0 Å². The average Bonchev–Trinajstić information content (AvgIpc) is 3.76. The Balaban J connectivity index is 1.17. The molecule has 2 heterocycles. The molecule has 0 radical (unpaired) electrons. The largest absolute Gasteiger partial charge is 0.309 e. The van der Waals surface area contributed by atoms with Gasteiger partial charge in [0.05, 0.1) is 22.1 Å². The first-order valence-corrected chi connectivity index (χ1v) is 16.0. The summed E-state index contributed by atoms with van der Waals surface area (Å²) in [5, 5.41) is 10.4. The molecule has 0 amide bonds. The Bertz CT molecular complexity index is 2890. The average molecular weight is 583 g/mol. The van der Waals surface area contributed by atoms with Crippen LogP contribution in [-0.4, -0.2) is 9.13 Å². The molecule has 0 fully saturated rings. The van der Waals surface area contributed by atoms with Crippen molar-refractivity contribution in [3.63, 3.8) is 0 Å². The summed E-state index contributed by atoms with van der Waals surface area (Å²) in [4.78, 5) is 0. The predicted molar refractivity (Wildman–Crippen MR) is 195 cm³/mol. The molecule has 2 aromatic heterocycles. The molecular weight excluding hydrogens is 556 g/mol. The van der Waals surface area contributed by atoms with Crippen LogP contribution in [0.5, 0.6) is 0 Å². The Kier molecular flexibility index (Phi) is 4.61. The van der Waals surface area contributed by atoms with Crippen molar-refractivity contribution in [1.82, 2.24) is 9.13 Å². The standard InChI is InChI=1S/C44H26N2/c1-2-12-31-27(9-1)19-24-35-32-13-3-5-17-38(32)46(44(31)35)30-22-20-29(21-23-30)45-39-18-6-4-14-36(39)43-40(45)26-25-34-33-15-7-10-28-11-8-16-37(41(28)33)42(34)43/h1-26H. The third kappa shape index (κ3) is 3.01. The van der Waals surface area contributed by atoms with E-state index in [1.165, 1.54) is 87.4 Å². The number of fused-ring (bicyclic) bond motifs is 12. The van der Waals surface area contributed by atoms with Gasteiger partial charge in [0, 0.05) is 43.9 Å². The second-order valence-corrected chi connectivity index (χ2v) is 12.5. The number of aromatic nitrogens is 2. The first-order chi connectivity index (χ1) is 22.8. The summed E-state index contributed by atoms with van der Waals surface area (Å²) in [7, 11) is 0. The topological polar surface area (TPSA) is 9.86 Å².